The third-order valence-corrected chi connectivity index (χ3v) is 17.3. The normalized spacial score (nSPS) is 36.9. The summed E-state index contributed by atoms with van der Waals surface area (Å²) in [7, 11) is 1.34. The lowest BCUT2D eigenvalue weighted by Gasteiger charge is -2.72. The fraction of sp³-hybridized carbons (Fsp3) is 0.646. The van der Waals surface area contributed by atoms with Gasteiger partial charge in [-0.05, 0) is 165 Å². The Kier molecular flexibility index (Phi) is 10.7. The van der Waals surface area contributed by atoms with Crippen LogP contribution in [0.25, 0.3) is 0 Å². The lowest BCUT2D eigenvalue weighted by Crippen LogP contribution is -2.67. The van der Waals surface area contributed by atoms with Gasteiger partial charge < -0.3 is 20.5 Å². The first-order chi connectivity index (χ1) is 26.4. The van der Waals surface area contributed by atoms with Crippen LogP contribution in [0, 0.1) is 62.5 Å². The average molecular weight is 769 g/mol. The van der Waals surface area contributed by atoms with Gasteiger partial charge in [0.05, 0.1) is 24.2 Å². The summed E-state index contributed by atoms with van der Waals surface area (Å²) < 4.78 is 20.1. The summed E-state index contributed by atoms with van der Waals surface area (Å²) >= 11 is 0. The zero-order valence-corrected chi connectivity index (χ0v) is 34.9. The van der Waals surface area contributed by atoms with Gasteiger partial charge in [-0.15, -0.1) is 0 Å². The number of aliphatic hydroxyl groups excluding tert-OH is 1. The SMILES string of the molecule is C=C(C)[C@@H]1CC[C@]2(C(=O)NCc3cc(C(=O)NCCc4cccc(C(=O)OC)c4)ccc3F)CC[C@]3(C)C(CCC4[C@@]5(C)CC[C@H](O)C(C)(C)C5CC[C@]43C)C12. The first kappa shape index (κ1) is 40.7. The molecule has 304 valence electrons. The van der Waals surface area contributed by atoms with Crippen molar-refractivity contribution in [1.29, 1.82) is 0 Å². The topological polar surface area (TPSA) is 105 Å². The minimum Gasteiger partial charge on any atom is -0.465 e. The second-order valence-corrected chi connectivity index (χ2v) is 19.9. The summed E-state index contributed by atoms with van der Waals surface area (Å²) in [6.07, 6.45) is 10.4. The average Bonchev–Trinajstić information content (AvgIpc) is 3.57. The molecule has 0 saturated heterocycles. The number of ether oxygens (including phenoxy) is 1. The molecule has 5 saturated carbocycles. The number of carbonyl (C=O) groups is 3. The van der Waals surface area contributed by atoms with Gasteiger partial charge in [0.15, 0.2) is 0 Å². The number of halogens is 1. The van der Waals surface area contributed by atoms with Crippen molar-refractivity contribution in [2.45, 2.75) is 125 Å². The molecule has 8 heteroatoms. The van der Waals surface area contributed by atoms with Crippen LogP contribution in [0.5, 0.6) is 0 Å². The van der Waals surface area contributed by atoms with Crippen molar-refractivity contribution in [3.05, 3.63) is 82.7 Å². The quantitative estimate of drug-likeness (QED) is 0.174. The highest BCUT2D eigenvalue weighted by Crippen LogP contribution is 2.77. The molecule has 5 aliphatic rings. The van der Waals surface area contributed by atoms with E-state index < -0.39 is 17.2 Å². The zero-order valence-electron chi connectivity index (χ0n) is 34.9. The number of aliphatic hydroxyl groups is 1. The maximum Gasteiger partial charge on any atom is 0.337 e. The van der Waals surface area contributed by atoms with E-state index in [9.17, 15) is 19.5 Å². The number of esters is 1. The Labute approximate surface area is 334 Å². The Balaban J connectivity index is 1.07. The minimum absolute atomic E-state index is 0.0153. The number of amides is 2. The van der Waals surface area contributed by atoms with Crippen molar-refractivity contribution in [2.75, 3.05) is 13.7 Å². The van der Waals surface area contributed by atoms with E-state index >= 15 is 4.39 Å². The third kappa shape index (κ3) is 6.35. The van der Waals surface area contributed by atoms with Gasteiger partial charge in [0.25, 0.3) is 5.91 Å². The van der Waals surface area contributed by atoms with Crippen molar-refractivity contribution < 1.29 is 28.6 Å². The van der Waals surface area contributed by atoms with Gasteiger partial charge in [0.1, 0.15) is 5.82 Å². The van der Waals surface area contributed by atoms with Gasteiger partial charge in [-0.25, -0.2) is 9.18 Å². The molecular formula is C48H65FN2O5. The molecule has 56 heavy (non-hydrogen) atoms. The standard InChI is InChI=1S/C48H65FN2O5/c1-29(2)34-16-22-48(24-23-46(6)35(40(34)48)13-15-38-45(5)20-18-39(52)44(3,4)37(45)17-21-47(38,46)7)43(55)51-28-33-27-31(12-14-36(33)49)41(53)50-25-19-30-10-9-11-32(26-30)42(54)56-8/h9-12,14,26-27,34-35,37-40,52H,1,13,15-25,28H2,2-8H3,(H,50,53)(H,51,55)/t34-,35?,37?,38?,39-,40?,45-,46+,47+,48-/m0/s1. The molecule has 2 aromatic rings. The first-order valence-electron chi connectivity index (χ1n) is 21.3. The van der Waals surface area contributed by atoms with E-state index in [0.29, 0.717) is 47.4 Å². The Morgan fingerprint density at radius 1 is 0.857 bits per heavy atom. The van der Waals surface area contributed by atoms with Crippen LogP contribution in [0.4, 0.5) is 4.39 Å². The highest BCUT2D eigenvalue weighted by atomic mass is 19.1. The Morgan fingerprint density at radius 3 is 2.36 bits per heavy atom. The predicted molar refractivity (Wildman–Crippen MR) is 217 cm³/mol. The molecule has 0 radical (unpaired) electrons. The molecule has 3 N–H and O–H groups in total. The second kappa shape index (κ2) is 14.7. The lowest BCUT2D eigenvalue weighted by atomic mass is 9.32. The number of carbonyl (C=O) groups excluding carboxylic acids is 3. The fourth-order valence-electron chi connectivity index (χ4n) is 14.1. The molecule has 5 aliphatic carbocycles. The van der Waals surface area contributed by atoms with Crippen molar-refractivity contribution in [1.82, 2.24) is 10.6 Å². The van der Waals surface area contributed by atoms with Crippen LogP contribution in [0.3, 0.4) is 0 Å². The molecule has 7 nitrogen and oxygen atoms in total. The largest absolute Gasteiger partial charge is 0.465 e. The van der Waals surface area contributed by atoms with Gasteiger partial charge in [-0.1, -0.05) is 58.9 Å². The number of methoxy groups -OCH3 is 1. The lowest BCUT2D eigenvalue weighted by molar-refractivity contribution is -0.246. The zero-order chi connectivity index (χ0) is 40.4. The van der Waals surface area contributed by atoms with Gasteiger partial charge in [-0.3, -0.25) is 9.59 Å². The Morgan fingerprint density at radius 2 is 1.62 bits per heavy atom. The smallest absolute Gasteiger partial charge is 0.337 e. The van der Waals surface area contributed by atoms with Gasteiger partial charge >= 0.3 is 5.97 Å². The minimum atomic E-state index is -0.536. The first-order valence-corrected chi connectivity index (χ1v) is 21.3. The second-order valence-electron chi connectivity index (χ2n) is 19.9. The summed E-state index contributed by atoms with van der Waals surface area (Å²) in [6, 6.07) is 11.4. The molecule has 10 atom stereocenters. The number of rotatable bonds is 9. The maximum absolute atomic E-state index is 15.3. The summed E-state index contributed by atoms with van der Waals surface area (Å²) in [5.74, 6) is 0.750. The maximum atomic E-state index is 15.3. The number of benzene rings is 2. The monoisotopic (exact) mass is 768 g/mol. The Hall–Kier alpha value is -3.52. The third-order valence-electron chi connectivity index (χ3n) is 17.3. The van der Waals surface area contributed by atoms with Crippen LogP contribution in [0.15, 0.2) is 54.6 Å². The fourth-order valence-corrected chi connectivity index (χ4v) is 14.1. The number of hydrogen-bond acceptors (Lipinski definition) is 5. The van der Waals surface area contributed by atoms with E-state index in [-0.39, 0.29) is 58.0 Å². The Bertz CT molecular complexity index is 1890. The molecule has 0 aliphatic heterocycles. The number of hydrogen-bond donors (Lipinski definition) is 3. The molecule has 0 spiro atoms. The summed E-state index contributed by atoms with van der Waals surface area (Å²) in [4.78, 5) is 39.8. The number of nitrogens with one attached hydrogen (secondary N) is 2. The van der Waals surface area contributed by atoms with E-state index in [1.54, 1.807) is 24.3 Å². The van der Waals surface area contributed by atoms with E-state index in [1.807, 2.05) is 6.07 Å². The molecule has 7 rings (SSSR count). The van der Waals surface area contributed by atoms with Gasteiger partial charge in [-0.2, -0.15) is 0 Å². The summed E-state index contributed by atoms with van der Waals surface area (Å²) in [5.41, 5.74) is 2.90. The van der Waals surface area contributed by atoms with Crippen LogP contribution >= 0.6 is 0 Å². The van der Waals surface area contributed by atoms with Crippen molar-refractivity contribution >= 4 is 17.8 Å². The van der Waals surface area contributed by atoms with Crippen LogP contribution in [0.2, 0.25) is 0 Å². The molecule has 0 aromatic heterocycles. The number of fused-ring (bicyclic) bond motifs is 7. The van der Waals surface area contributed by atoms with Crippen LogP contribution in [0.1, 0.15) is 138 Å². The highest BCUT2D eigenvalue weighted by Gasteiger charge is 2.71. The molecule has 2 aromatic carbocycles. The van der Waals surface area contributed by atoms with Crippen LogP contribution in [-0.2, 0) is 22.5 Å². The van der Waals surface area contributed by atoms with Gasteiger partial charge in [0.2, 0.25) is 5.91 Å². The molecule has 0 bridgehead atoms. The summed E-state index contributed by atoms with van der Waals surface area (Å²) in [6.45, 7) is 19.3. The van der Waals surface area contributed by atoms with E-state index in [2.05, 4.69) is 58.8 Å². The van der Waals surface area contributed by atoms with Gasteiger partial charge in [0, 0.05) is 24.2 Å². The molecule has 4 unspecified atom stereocenters. The number of allylic oxidation sites excluding steroid dienone is 1. The highest BCUT2D eigenvalue weighted by molar-refractivity contribution is 5.94. The molecule has 5 fully saturated rings. The molecular weight excluding hydrogens is 704 g/mol. The van der Waals surface area contributed by atoms with Crippen LogP contribution in [-0.4, -0.2) is 42.6 Å². The summed E-state index contributed by atoms with van der Waals surface area (Å²) in [5, 5.41) is 17.2. The van der Waals surface area contributed by atoms with Crippen LogP contribution < -0.4 is 10.6 Å². The van der Waals surface area contributed by atoms with E-state index in [4.69, 9.17) is 4.74 Å². The van der Waals surface area contributed by atoms with E-state index in [0.717, 1.165) is 69.8 Å². The predicted octanol–water partition coefficient (Wildman–Crippen LogP) is 9.22. The molecule has 2 amide bonds. The van der Waals surface area contributed by atoms with E-state index in [1.165, 1.54) is 24.8 Å². The molecule has 0 heterocycles. The van der Waals surface area contributed by atoms with Crippen molar-refractivity contribution in [2.24, 2.45) is 56.7 Å². The van der Waals surface area contributed by atoms with Crippen molar-refractivity contribution in [3.63, 3.8) is 0 Å². The van der Waals surface area contributed by atoms with Crippen molar-refractivity contribution in [3.8, 4) is 0 Å².